The Morgan fingerprint density at radius 3 is 2.80 bits per heavy atom. The van der Waals surface area contributed by atoms with Crippen LogP contribution < -0.4 is 15.0 Å². The fourth-order valence-electron chi connectivity index (χ4n) is 6.93. The zero-order chi connectivity index (χ0) is 31.3. The van der Waals surface area contributed by atoms with Crippen LogP contribution in [0.3, 0.4) is 0 Å². The minimum atomic E-state index is -1.11. The molecule has 1 aromatic heterocycles. The van der Waals surface area contributed by atoms with Crippen LogP contribution in [0.15, 0.2) is 24.5 Å². The van der Waals surface area contributed by atoms with Crippen LogP contribution in [0, 0.1) is 17.1 Å². The minimum Gasteiger partial charge on any atom is -0.462 e. The number of fused-ring (bicyclic) bond motifs is 3. The largest absolute Gasteiger partial charge is 0.462 e. The van der Waals surface area contributed by atoms with Crippen LogP contribution in [0.25, 0.3) is 0 Å². The number of nitriles is 1. The predicted molar refractivity (Wildman–Crippen MR) is 155 cm³/mol. The number of piperazine rings is 1. The summed E-state index contributed by atoms with van der Waals surface area (Å²) in [6, 6.07) is 4.09. The molecule has 14 heteroatoms. The number of halogens is 4. The molecular weight excluding hydrogens is 599 g/mol. The van der Waals surface area contributed by atoms with Crippen molar-refractivity contribution in [3.8, 4) is 12.1 Å². The summed E-state index contributed by atoms with van der Waals surface area (Å²) < 4.78 is 48.1. The van der Waals surface area contributed by atoms with Crippen LogP contribution in [-0.2, 0) is 27.8 Å². The SMILES string of the molecule is C=C(F)C(=O)N1CCN(c2nc(OC[C@@H]3C[C@@H](F)CN3C)nc3c2NC(=O)C2(CCc4c2ccc(F)c4Cl)C3)C[C@@H]1CC#N. The Labute approximate surface area is 257 Å². The molecule has 4 atom stereocenters. The molecule has 44 heavy (non-hydrogen) atoms. The maximum Gasteiger partial charge on any atom is 0.318 e. The van der Waals surface area contributed by atoms with Gasteiger partial charge in [-0.25, -0.2) is 13.2 Å². The molecule has 1 spiro atoms. The van der Waals surface area contributed by atoms with E-state index in [1.807, 2.05) is 16.8 Å². The number of likely N-dealkylation sites (tertiary alicyclic amines) is 1. The van der Waals surface area contributed by atoms with Crippen LogP contribution in [0.2, 0.25) is 5.02 Å². The van der Waals surface area contributed by atoms with E-state index in [4.69, 9.17) is 16.3 Å². The summed E-state index contributed by atoms with van der Waals surface area (Å²) in [5.41, 5.74) is 1.06. The van der Waals surface area contributed by atoms with Gasteiger partial charge in [-0.05, 0) is 43.5 Å². The van der Waals surface area contributed by atoms with E-state index in [1.165, 1.54) is 11.0 Å². The second-order valence-corrected chi connectivity index (χ2v) is 12.2. The molecule has 1 N–H and O–H groups in total. The van der Waals surface area contributed by atoms with E-state index in [2.05, 4.69) is 27.9 Å². The molecule has 3 aliphatic heterocycles. The lowest BCUT2D eigenvalue weighted by Crippen LogP contribution is -2.56. The Morgan fingerprint density at radius 2 is 2.09 bits per heavy atom. The van der Waals surface area contributed by atoms with Gasteiger partial charge in [0.05, 0.1) is 34.7 Å². The third kappa shape index (κ3) is 5.13. The van der Waals surface area contributed by atoms with Crippen LogP contribution >= 0.6 is 11.6 Å². The molecule has 2 aromatic rings. The molecule has 10 nitrogen and oxygen atoms in total. The summed E-state index contributed by atoms with van der Waals surface area (Å²) in [6.45, 7) is 3.99. The van der Waals surface area contributed by atoms with Crippen molar-refractivity contribution in [3.63, 3.8) is 0 Å². The molecule has 232 valence electrons. The zero-order valence-corrected chi connectivity index (χ0v) is 24.8. The highest BCUT2D eigenvalue weighted by atomic mass is 35.5. The van der Waals surface area contributed by atoms with Crippen molar-refractivity contribution in [2.75, 3.05) is 50.1 Å². The lowest BCUT2D eigenvalue weighted by atomic mass is 9.74. The number of alkyl halides is 1. The highest BCUT2D eigenvalue weighted by molar-refractivity contribution is 6.31. The number of anilines is 2. The van der Waals surface area contributed by atoms with Crippen LogP contribution in [0.5, 0.6) is 6.01 Å². The third-order valence-corrected chi connectivity index (χ3v) is 9.65. The maximum atomic E-state index is 14.3. The van der Waals surface area contributed by atoms with E-state index in [1.54, 1.807) is 6.07 Å². The second kappa shape index (κ2) is 11.6. The number of amides is 2. The number of ether oxygens (including phenoxy) is 1. The molecule has 1 unspecified atom stereocenters. The maximum absolute atomic E-state index is 14.3. The number of rotatable bonds is 6. The number of benzene rings is 1. The van der Waals surface area contributed by atoms with Gasteiger partial charge in [0.1, 0.15) is 24.3 Å². The van der Waals surface area contributed by atoms with Crippen molar-refractivity contribution in [1.29, 1.82) is 5.26 Å². The molecule has 1 aliphatic carbocycles. The zero-order valence-electron chi connectivity index (χ0n) is 24.1. The van der Waals surface area contributed by atoms with E-state index >= 15 is 0 Å². The number of carbonyl (C=O) groups excluding carboxylic acids is 2. The highest BCUT2D eigenvalue weighted by Crippen LogP contribution is 2.49. The van der Waals surface area contributed by atoms with E-state index in [0.717, 1.165) is 0 Å². The molecule has 2 amide bonds. The van der Waals surface area contributed by atoms with Crippen molar-refractivity contribution in [3.05, 3.63) is 52.2 Å². The molecule has 4 aliphatic rings. The van der Waals surface area contributed by atoms with Crippen molar-refractivity contribution in [2.24, 2.45) is 0 Å². The van der Waals surface area contributed by atoms with E-state index < -0.39 is 35.2 Å². The van der Waals surface area contributed by atoms with Gasteiger partial charge in [0.2, 0.25) is 5.91 Å². The van der Waals surface area contributed by atoms with Gasteiger partial charge >= 0.3 is 6.01 Å². The Bertz CT molecular complexity index is 1590. The average Bonchev–Trinajstić information content (AvgIpc) is 3.52. The van der Waals surface area contributed by atoms with Crippen molar-refractivity contribution in [1.82, 2.24) is 19.8 Å². The van der Waals surface area contributed by atoms with Gasteiger partial charge in [-0.1, -0.05) is 24.2 Å². The Kier molecular flexibility index (Phi) is 7.92. The number of nitrogens with zero attached hydrogens (tertiary/aromatic N) is 6. The summed E-state index contributed by atoms with van der Waals surface area (Å²) in [5, 5.41) is 12.4. The molecule has 4 heterocycles. The number of carbonyl (C=O) groups is 2. The van der Waals surface area contributed by atoms with Crippen LogP contribution in [-0.4, -0.2) is 89.7 Å². The Balaban J connectivity index is 1.37. The second-order valence-electron chi connectivity index (χ2n) is 11.9. The average molecular weight is 630 g/mol. The van der Waals surface area contributed by atoms with Crippen LogP contribution in [0.1, 0.15) is 36.1 Å². The molecule has 1 aromatic carbocycles. The third-order valence-electron chi connectivity index (χ3n) is 9.24. The van der Waals surface area contributed by atoms with E-state index in [0.29, 0.717) is 54.1 Å². The van der Waals surface area contributed by atoms with Gasteiger partial charge < -0.3 is 19.9 Å². The van der Waals surface area contributed by atoms with Gasteiger partial charge in [0, 0.05) is 38.6 Å². The molecule has 2 fully saturated rings. The quantitative estimate of drug-likeness (QED) is 0.483. The highest BCUT2D eigenvalue weighted by Gasteiger charge is 2.50. The topological polar surface area (TPSA) is 115 Å². The fourth-order valence-corrected chi connectivity index (χ4v) is 7.19. The van der Waals surface area contributed by atoms with Gasteiger partial charge in [-0.2, -0.15) is 15.2 Å². The number of aromatic nitrogens is 2. The molecule has 2 saturated heterocycles. The van der Waals surface area contributed by atoms with Gasteiger partial charge in [-0.3, -0.25) is 14.5 Å². The molecule has 6 rings (SSSR count). The molecular formula is C30H31ClF3N7O3. The first-order valence-corrected chi connectivity index (χ1v) is 14.8. The number of hydrogen-bond acceptors (Lipinski definition) is 8. The van der Waals surface area contributed by atoms with Gasteiger partial charge in [0.15, 0.2) is 11.6 Å². The first-order valence-electron chi connectivity index (χ1n) is 14.5. The number of nitrogens with one attached hydrogen (secondary N) is 1. The smallest absolute Gasteiger partial charge is 0.318 e. The van der Waals surface area contributed by atoms with E-state index in [-0.39, 0.29) is 62.1 Å². The number of likely N-dealkylation sites (N-methyl/N-ethyl adjacent to an activating group) is 1. The molecule has 0 saturated carbocycles. The van der Waals surface area contributed by atoms with E-state index in [9.17, 15) is 28.0 Å². The van der Waals surface area contributed by atoms with Crippen molar-refractivity contribution < 1.29 is 27.5 Å². The first-order chi connectivity index (χ1) is 21.0. The first kappa shape index (κ1) is 30.1. The fraction of sp³-hybridized carbons (Fsp3) is 0.500. The predicted octanol–water partition coefficient (Wildman–Crippen LogP) is 3.48. The summed E-state index contributed by atoms with van der Waals surface area (Å²) in [7, 11) is 1.82. The lowest BCUT2D eigenvalue weighted by Gasteiger charge is -2.42. The summed E-state index contributed by atoms with van der Waals surface area (Å²) in [6.07, 6.45) is 0.280. The molecule has 0 bridgehead atoms. The van der Waals surface area contributed by atoms with Crippen molar-refractivity contribution in [2.45, 2.75) is 55.8 Å². The minimum absolute atomic E-state index is 0.00383. The summed E-state index contributed by atoms with van der Waals surface area (Å²) >= 11 is 6.29. The number of hydrogen-bond donors (Lipinski definition) is 1. The van der Waals surface area contributed by atoms with Gasteiger partial charge in [-0.15, -0.1) is 0 Å². The summed E-state index contributed by atoms with van der Waals surface area (Å²) in [5.74, 6) is -2.51. The normalized spacial score (nSPS) is 26.3. The standard InChI is InChI=1S/C30H31ClF3N7O3/c1-16(32)27(42)41-10-9-40(14-18(41)6-8-35)26-25-23(36-29(38-26)44-15-19-11-17(33)13-39(19)2)12-30(28(43)37-25)7-5-20-21(30)3-4-22(34)24(20)31/h3-4,17-19H,1,5-7,9-15H2,2H3,(H,37,43)/t17-,18+,19+,30?/m1/s1. The Hall–Kier alpha value is -3.89. The monoisotopic (exact) mass is 629 g/mol. The lowest BCUT2D eigenvalue weighted by molar-refractivity contribution is -0.131. The Morgan fingerprint density at radius 1 is 1.30 bits per heavy atom. The summed E-state index contributed by atoms with van der Waals surface area (Å²) in [4.78, 5) is 40.6. The van der Waals surface area contributed by atoms with Crippen LogP contribution in [0.4, 0.5) is 24.7 Å². The van der Waals surface area contributed by atoms with Crippen molar-refractivity contribution >= 4 is 34.9 Å². The molecule has 0 radical (unpaired) electrons. The van der Waals surface area contributed by atoms with Gasteiger partial charge in [0.25, 0.3) is 5.91 Å².